The van der Waals surface area contributed by atoms with Crippen LogP contribution in [0.4, 0.5) is 0 Å². The number of H-pyrrole nitrogens is 1. The molecular formula is C5H5N5O. The van der Waals surface area contributed by atoms with Crippen LogP contribution in [-0.2, 0) is 6.42 Å². The SMILES string of the molecule is c1cc(Cc2nn[nH]n2)no1. The Morgan fingerprint density at radius 1 is 1.55 bits per heavy atom. The Morgan fingerprint density at radius 3 is 3.18 bits per heavy atom. The van der Waals surface area contributed by atoms with Gasteiger partial charge in [0.15, 0.2) is 5.82 Å². The molecule has 2 heterocycles. The van der Waals surface area contributed by atoms with E-state index in [0.29, 0.717) is 12.2 Å². The Bertz CT molecular complexity index is 267. The lowest BCUT2D eigenvalue weighted by atomic mass is 10.3. The average molecular weight is 151 g/mol. The van der Waals surface area contributed by atoms with Crippen LogP contribution >= 0.6 is 0 Å². The summed E-state index contributed by atoms with van der Waals surface area (Å²) < 4.78 is 4.63. The summed E-state index contributed by atoms with van der Waals surface area (Å²) in [5.74, 6) is 0.610. The molecule has 2 aromatic heterocycles. The van der Waals surface area contributed by atoms with Crippen LogP contribution < -0.4 is 0 Å². The van der Waals surface area contributed by atoms with Crippen LogP contribution in [0.1, 0.15) is 11.5 Å². The Hall–Kier alpha value is -1.72. The normalized spacial score (nSPS) is 10.2. The summed E-state index contributed by atoms with van der Waals surface area (Å²) in [7, 11) is 0. The zero-order valence-electron chi connectivity index (χ0n) is 5.56. The molecule has 0 aliphatic carbocycles. The lowest BCUT2D eigenvalue weighted by molar-refractivity contribution is 0.412. The maximum atomic E-state index is 4.63. The molecule has 2 rings (SSSR count). The first-order chi connectivity index (χ1) is 5.45. The minimum absolute atomic E-state index is 0.549. The van der Waals surface area contributed by atoms with Gasteiger partial charge in [-0.3, -0.25) is 0 Å². The monoisotopic (exact) mass is 151 g/mol. The molecule has 0 unspecified atom stereocenters. The molecule has 0 radical (unpaired) electrons. The largest absolute Gasteiger partial charge is 0.364 e. The van der Waals surface area contributed by atoms with Gasteiger partial charge in [0, 0.05) is 6.07 Å². The molecule has 56 valence electrons. The first-order valence-electron chi connectivity index (χ1n) is 3.07. The van der Waals surface area contributed by atoms with Gasteiger partial charge in [0.05, 0.1) is 12.1 Å². The summed E-state index contributed by atoms with van der Waals surface area (Å²) in [5.41, 5.74) is 0.798. The second kappa shape index (κ2) is 2.49. The molecule has 0 aromatic carbocycles. The number of aromatic amines is 1. The van der Waals surface area contributed by atoms with Crippen LogP contribution in [0.3, 0.4) is 0 Å². The summed E-state index contributed by atoms with van der Waals surface area (Å²) in [6.45, 7) is 0. The van der Waals surface area contributed by atoms with E-state index in [2.05, 4.69) is 30.3 Å². The summed E-state index contributed by atoms with van der Waals surface area (Å²) in [6.07, 6.45) is 2.06. The molecule has 0 saturated heterocycles. The third-order valence-corrected chi connectivity index (χ3v) is 1.22. The molecule has 2 aromatic rings. The summed E-state index contributed by atoms with van der Waals surface area (Å²) in [6, 6.07) is 1.76. The standard InChI is InChI=1S/C5H5N5O/c1-2-11-8-4(1)3-5-6-9-10-7-5/h1-2H,3H2,(H,6,7,9,10). The van der Waals surface area contributed by atoms with E-state index in [0.717, 1.165) is 5.69 Å². The van der Waals surface area contributed by atoms with Crippen LogP contribution in [0.25, 0.3) is 0 Å². The van der Waals surface area contributed by atoms with Crippen molar-refractivity contribution in [3.63, 3.8) is 0 Å². The molecule has 0 spiro atoms. The second-order valence-electron chi connectivity index (χ2n) is 2.00. The van der Waals surface area contributed by atoms with Gasteiger partial charge in [0.1, 0.15) is 6.26 Å². The number of hydrogen-bond acceptors (Lipinski definition) is 5. The first-order valence-corrected chi connectivity index (χ1v) is 3.07. The molecule has 0 amide bonds. The van der Waals surface area contributed by atoms with Crippen LogP contribution in [-0.4, -0.2) is 25.8 Å². The highest BCUT2D eigenvalue weighted by atomic mass is 16.5. The van der Waals surface area contributed by atoms with E-state index < -0.39 is 0 Å². The molecular weight excluding hydrogens is 146 g/mol. The van der Waals surface area contributed by atoms with E-state index in [1.165, 1.54) is 6.26 Å². The Labute approximate surface area is 61.6 Å². The van der Waals surface area contributed by atoms with Crippen molar-refractivity contribution in [1.82, 2.24) is 25.8 Å². The molecule has 6 nitrogen and oxygen atoms in total. The second-order valence-corrected chi connectivity index (χ2v) is 2.00. The van der Waals surface area contributed by atoms with Crippen molar-refractivity contribution >= 4 is 0 Å². The van der Waals surface area contributed by atoms with Gasteiger partial charge in [-0.1, -0.05) is 10.4 Å². The molecule has 0 aliphatic rings. The number of aromatic nitrogens is 5. The fraction of sp³-hybridized carbons (Fsp3) is 0.200. The van der Waals surface area contributed by atoms with E-state index in [4.69, 9.17) is 0 Å². The van der Waals surface area contributed by atoms with E-state index in [1.807, 2.05) is 0 Å². The predicted octanol–water partition coefficient (Wildman–Crippen LogP) is -0.222. The maximum absolute atomic E-state index is 4.63. The highest BCUT2D eigenvalue weighted by molar-refractivity contribution is 5.02. The smallest absolute Gasteiger partial charge is 0.180 e. The van der Waals surface area contributed by atoms with Gasteiger partial charge in [-0.25, -0.2) is 0 Å². The van der Waals surface area contributed by atoms with E-state index in [9.17, 15) is 0 Å². The van der Waals surface area contributed by atoms with Crippen LogP contribution in [0, 0.1) is 0 Å². The number of hydrogen-bond donors (Lipinski definition) is 1. The Morgan fingerprint density at radius 2 is 2.55 bits per heavy atom. The third kappa shape index (κ3) is 1.23. The van der Waals surface area contributed by atoms with Gasteiger partial charge < -0.3 is 4.52 Å². The summed E-state index contributed by atoms with van der Waals surface area (Å²) in [5, 5.41) is 17.0. The van der Waals surface area contributed by atoms with Crippen LogP contribution in [0.5, 0.6) is 0 Å². The summed E-state index contributed by atoms with van der Waals surface area (Å²) >= 11 is 0. The molecule has 0 fully saturated rings. The highest BCUT2D eigenvalue weighted by Crippen LogP contribution is 1.99. The Balaban J connectivity index is 2.14. The average Bonchev–Trinajstić information content (AvgIpc) is 2.60. The topological polar surface area (TPSA) is 80.5 Å². The maximum Gasteiger partial charge on any atom is 0.180 e. The zero-order chi connectivity index (χ0) is 7.52. The van der Waals surface area contributed by atoms with Crippen LogP contribution in [0.2, 0.25) is 0 Å². The Kier molecular flexibility index (Phi) is 1.36. The predicted molar refractivity (Wildman–Crippen MR) is 33.5 cm³/mol. The van der Waals surface area contributed by atoms with Gasteiger partial charge in [0.25, 0.3) is 0 Å². The number of tetrazole rings is 1. The van der Waals surface area contributed by atoms with Gasteiger partial charge in [-0.05, 0) is 0 Å². The molecule has 6 heteroatoms. The van der Waals surface area contributed by atoms with Crippen molar-refractivity contribution in [1.29, 1.82) is 0 Å². The molecule has 0 aliphatic heterocycles. The molecule has 0 atom stereocenters. The van der Waals surface area contributed by atoms with Crippen molar-refractivity contribution in [2.45, 2.75) is 6.42 Å². The van der Waals surface area contributed by atoms with E-state index in [1.54, 1.807) is 6.07 Å². The van der Waals surface area contributed by atoms with Crippen molar-refractivity contribution in [3.05, 3.63) is 23.8 Å². The highest BCUT2D eigenvalue weighted by Gasteiger charge is 2.01. The van der Waals surface area contributed by atoms with Crippen LogP contribution in [0.15, 0.2) is 16.9 Å². The van der Waals surface area contributed by atoms with Crippen molar-refractivity contribution in [3.8, 4) is 0 Å². The number of nitrogens with one attached hydrogen (secondary N) is 1. The molecule has 0 bridgehead atoms. The van der Waals surface area contributed by atoms with Gasteiger partial charge in [-0.2, -0.15) is 5.21 Å². The quantitative estimate of drug-likeness (QED) is 0.641. The van der Waals surface area contributed by atoms with Crippen molar-refractivity contribution in [2.24, 2.45) is 0 Å². The summed E-state index contributed by atoms with van der Waals surface area (Å²) in [4.78, 5) is 0. The molecule has 0 saturated carbocycles. The minimum Gasteiger partial charge on any atom is -0.364 e. The van der Waals surface area contributed by atoms with Gasteiger partial charge in [-0.15, -0.1) is 10.2 Å². The zero-order valence-corrected chi connectivity index (χ0v) is 5.56. The fourth-order valence-corrected chi connectivity index (χ4v) is 0.748. The van der Waals surface area contributed by atoms with Gasteiger partial charge >= 0.3 is 0 Å². The van der Waals surface area contributed by atoms with Crippen molar-refractivity contribution < 1.29 is 4.52 Å². The number of nitrogens with zero attached hydrogens (tertiary/aromatic N) is 4. The lowest BCUT2D eigenvalue weighted by Gasteiger charge is -1.83. The molecule has 1 N–H and O–H groups in total. The number of rotatable bonds is 2. The first kappa shape index (κ1) is 6.02. The van der Waals surface area contributed by atoms with E-state index >= 15 is 0 Å². The van der Waals surface area contributed by atoms with Gasteiger partial charge in [0.2, 0.25) is 0 Å². The lowest BCUT2D eigenvalue weighted by Crippen LogP contribution is -1.90. The third-order valence-electron chi connectivity index (χ3n) is 1.22. The van der Waals surface area contributed by atoms with Crippen molar-refractivity contribution in [2.75, 3.05) is 0 Å². The minimum atomic E-state index is 0.549. The fourth-order valence-electron chi connectivity index (χ4n) is 0.748. The molecule has 11 heavy (non-hydrogen) atoms. The van der Waals surface area contributed by atoms with E-state index in [-0.39, 0.29) is 0 Å².